The van der Waals surface area contributed by atoms with Gasteiger partial charge in [0, 0.05) is 36.2 Å². The summed E-state index contributed by atoms with van der Waals surface area (Å²) in [6.07, 6.45) is 0.141. The maximum Gasteiger partial charge on any atom is 0.273 e. The molecule has 0 radical (unpaired) electrons. The first-order chi connectivity index (χ1) is 22.5. The van der Waals surface area contributed by atoms with Crippen LogP contribution in [0.15, 0.2) is 102 Å². The van der Waals surface area contributed by atoms with Crippen molar-refractivity contribution < 1.29 is 27.7 Å². The first-order valence-electron chi connectivity index (χ1n) is 14.7. The average Bonchev–Trinajstić information content (AvgIpc) is 3.06. The van der Waals surface area contributed by atoms with Crippen molar-refractivity contribution in [3.05, 3.63) is 129 Å². The van der Waals surface area contributed by atoms with E-state index in [2.05, 4.69) is 5.32 Å². The van der Waals surface area contributed by atoms with Crippen molar-refractivity contribution in [2.45, 2.75) is 37.8 Å². The van der Waals surface area contributed by atoms with Crippen LogP contribution in [-0.4, -0.2) is 56.3 Å². The summed E-state index contributed by atoms with van der Waals surface area (Å²) >= 11 is 6.50. The van der Waals surface area contributed by atoms with Crippen LogP contribution in [0.3, 0.4) is 0 Å². The van der Waals surface area contributed by atoms with E-state index in [-0.39, 0.29) is 34.8 Å². The molecule has 0 aliphatic carbocycles. The van der Waals surface area contributed by atoms with Crippen LogP contribution in [0, 0.1) is 17.0 Å². The van der Waals surface area contributed by atoms with Gasteiger partial charge in [-0.25, -0.2) is 8.42 Å². The Morgan fingerprint density at radius 1 is 0.979 bits per heavy atom. The number of likely N-dealkylation sites (N-methyl/N-ethyl adjacent to an activating group) is 1. The molecule has 0 aliphatic heterocycles. The molecule has 0 spiro atoms. The number of aryl methyl sites for hydroxylation is 1. The van der Waals surface area contributed by atoms with Crippen LogP contribution in [0.2, 0.25) is 5.02 Å². The van der Waals surface area contributed by atoms with Gasteiger partial charge in [-0.05, 0) is 61.4 Å². The van der Waals surface area contributed by atoms with E-state index in [4.69, 9.17) is 16.3 Å². The lowest BCUT2D eigenvalue weighted by atomic mass is 10.0. The van der Waals surface area contributed by atoms with Crippen molar-refractivity contribution in [2.75, 3.05) is 24.5 Å². The fourth-order valence-electron chi connectivity index (χ4n) is 5.01. The molecule has 0 fully saturated rings. The summed E-state index contributed by atoms with van der Waals surface area (Å²) in [5.74, 6) is -0.675. The number of anilines is 1. The van der Waals surface area contributed by atoms with Crippen LogP contribution in [0.5, 0.6) is 5.75 Å². The molecule has 0 aliphatic rings. The maximum absolute atomic E-state index is 14.5. The van der Waals surface area contributed by atoms with E-state index < -0.39 is 39.3 Å². The van der Waals surface area contributed by atoms with Gasteiger partial charge in [0.2, 0.25) is 11.8 Å². The highest BCUT2D eigenvalue weighted by atomic mass is 35.5. The summed E-state index contributed by atoms with van der Waals surface area (Å²) < 4.78 is 34.6. The van der Waals surface area contributed by atoms with E-state index in [1.54, 1.807) is 31.2 Å². The second-order valence-corrected chi connectivity index (χ2v) is 12.9. The lowest BCUT2D eigenvalue weighted by Gasteiger charge is -2.34. The Kier molecular flexibility index (Phi) is 11.6. The van der Waals surface area contributed by atoms with Gasteiger partial charge in [0.25, 0.3) is 15.7 Å². The van der Waals surface area contributed by atoms with Gasteiger partial charge < -0.3 is 15.0 Å². The van der Waals surface area contributed by atoms with Crippen molar-refractivity contribution in [1.82, 2.24) is 10.2 Å². The Labute approximate surface area is 278 Å². The minimum atomic E-state index is -4.56. The van der Waals surface area contributed by atoms with Crippen molar-refractivity contribution in [1.29, 1.82) is 0 Å². The number of rotatable bonds is 14. The van der Waals surface area contributed by atoms with Gasteiger partial charge in [-0.3, -0.25) is 24.0 Å². The maximum atomic E-state index is 14.5. The topological polar surface area (TPSA) is 139 Å². The normalized spacial score (nSPS) is 11.7. The number of ether oxygens (including phenoxy) is 1. The third kappa shape index (κ3) is 8.46. The SMILES string of the molecule is CCNC(=O)C(Cc1ccccc1)N(Cc1ccccc1Cl)C(=O)CN(c1ccc(OC)cc1)S(=O)(=O)c1ccc(C)c([N+](=O)[O-])c1. The zero-order chi connectivity index (χ0) is 34.1. The molecule has 13 heteroatoms. The molecule has 0 bridgehead atoms. The van der Waals surface area contributed by atoms with Crippen LogP contribution in [0.1, 0.15) is 23.6 Å². The second-order valence-electron chi connectivity index (χ2n) is 10.6. The zero-order valence-electron chi connectivity index (χ0n) is 26.1. The number of hydrogen-bond donors (Lipinski definition) is 1. The first-order valence-corrected chi connectivity index (χ1v) is 16.5. The Morgan fingerprint density at radius 2 is 1.64 bits per heavy atom. The number of nitrogens with zero attached hydrogens (tertiary/aromatic N) is 3. The summed E-state index contributed by atoms with van der Waals surface area (Å²) in [7, 11) is -3.10. The van der Waals surface area contributed by atoms with Gasteiger partial charge in [-0.15, -0.1) is 0 Å². The Morgan fingerprint density at radius 3 is 2.26 bits per heavy atom. The van der Waals surface area contributed by atoms with Crippen LogP contribution in [-0.2, 0) is 32.6 Å². The number of carbonyl (C=O) groups is 2. The van der Waals surface area contributed by atoms with Gasteiger partial charge in [-0.2, -0.15) is 0 Å². The summed E-state index contributed by atoms with van der Waals surface area (Å²) in [5.41, 5.74) is 1.34. The molecule has 47 heavy (non-hydrogen) atoms. The number of hydrogen-bond acceptors (Lipinski definition) is 7. The molecule has 1 N–H and O–H groups in total. The van der Waals surface area contributed by atoms with Crippen LogP contribution < -0.4 is 14.4 Å². The number of nitro groups is 1. The lowest BCUT2D eigenvalue weighted by molar-refractivity contribution is -0.385. The van der Waals surface area contributed by atoms with Crippen molar-refractivity contribution in [3.63, 3.8) is 0 Å². The fourth-order valence-corrected chi connectivity index (χ4v) is 6.64. The number of benzene rings is 4. The lowest BCUT2D eigenvalue weighted by Crippen LogP contribution is -2.53. The molecule has 0 saturated heterocycles. The standard InChI is InChI=1S/C34H35ClN4O7S/c1-4-36-34(41)32(20-25-10-6-5-7-11-25)37(22-26-12-8-9-13-30(26)35)33(40)23-38(27-15-17-28(46-3)18-16-27)47(44,45)29-19-14-24(2)31(21-29)39(42)43/h5-19,21,32H,4,20,22-23H2,1-3H3,(H,36,41). The van der Waals surface area contributed by atoms with Gasteiger partial charge in [0.1, 0.15) is 18.3 Å². The zero-order valence-corrected chi connectivity index (χ0v) is 27.7. The molecule has 11 nitrogen and oxygen atoms in total. The third-order valence-corrected chi connectivity index (χ3v) is 9.66. The van der Waals surface area contributed by atoms with Crippen LogP contribution in [0.4, 0.5) is 11.4 Å². The Bertz CT molecular complexity index is 1840. The van der Waals surface area contributed by atoms with Gasteiger partial charge in [0.15, 0.2) is 0 Å². The van der Waals surface area contributed by atoms with Crippen molar-refractivity contribution >= 4 is 44.8 Å². The first kappa shape index (κ1) is 34.9. The number of halogens is 1. The Hall–Kier alpha value is -4.94. The molecule has 1 unspecified atom stereocenters. The van der Waals surface area contributed by atoms with Crippen molar-refractivity contribution in [2.24, 2.45) is 0 Å². The Balaban J connectivity index is 1.84. The van der Waals surface area contributed by atoms with E-state index in [0.717, 1.165) is 15.9 Å². The second kappa shape index (κ2) is 15.6. The largest absolute Gasteiger partial charge is 0.497 e. The van der Waals surface area contributed by atoms with E-state index in [9.17, 15) is 28.1 Å². The predicted molar refractivity (Wildman–Crippen MR) is 180 cm³/mol. The summed E-state index contributed by atoms with van der Waals surface area (Å²) in [6, 6.07) is 24.6. The number of nitrogens with one attached hydrogen (secondary N) is 1. The molecule has 246 valence electrons. The molecule has 4 aromatic carbocycles. The number of amides is 2. The predicted octanol–water partition coefficient (Wildman–Crippen LogP) is 5.54. The fraction of sp³-hybridized carbons (Fsp3) is 0.235. The molecule has 4 rings (SSSR count). The highest BCUT2D eigenvalue weighted by Crippen LogP contribution is 2.30. The highest BCUT2D eigenvalue weighted by molar-refractivity contribution is 7.92. The summed E-state index contributed by atoms with van der Waals surface area (Å²) in [4.78, 5) is 40.1. The highest BCUT2D eigenvalue weighted by Gasteiger charge is 2.35. The minimum absolute atomic E-state index is 0.0976. The van der Waals surface area contributed by atoms with Gasteiger partial charge in [-0.1, -0.05) is 66.2 Å². The average molecular weight is 679 g/mol. The molecule has 0 aromatic heterocycles. The van der Waals surface area contributed by atoms with Gasteiger partial charge in [0.05, 0.1) is 22.6 Å². The molecule has 2 amide bonds. The monoisotopic (exact) mass is 678 g/mol. The number of carbonyl (C=O) groups excluding carboxylic acids is 2. The molecule has 1 atom stereocenters. The van der Waals surface area contributed by atoms with E-state index >= 15 is 0 Å². The molecule has 4 aromatic rings. The smallest absolute Gasteiger partial charge is 0.273 e. The minimum Gasteiger partial charge on any atom is -0.497 e. The molecular weight excluding hydrogens is 644 g/mol. The van der Waals surface area contributed by atoms with E-state index in [1.807, 2.05) is 30.3 Å². The number of methoxy groups -OCH3 is 1. The number of sulfonamides is 1. The molecule has 0 saturated carbocycles. The van der Waals surface area contributed by atoms with E-state index in [0.29, 0.717) is 22.9 Å². The third-order valence-electron chi connectivity index (χ3n) is 7.53. The van der Waals surface area contributed by atoms with Crippen molar-refractivity contribution in [3.8, 4) is 5.75 Å². The quantitative estimate of drug-likeness (QED) is 0.137. The van der Waals surface area contributed by atoms with E-state index in [1.165, 1.54) is 55.3 Å². The number of nitro benzene ring substituents is 1. The molecular formula is C34H35ClN4O7S. The van der Waals surface area contributed by atoms with Gasteiger partial charge >= 0.3 is 0 Å². The summed E-state index contributed by atoms with van der Waals surface area (Å²) in [5, 5.41) is 14.9. The molecule has 0 heterocycles. The van der Waals surface area contributed by atoms with Crippen LogP contribution in [0.25, 0.3) is 0 Å². The van der Waals surface area contributed by atoms with Crippen LogP contribution >= 0.6 is 11.6 Å². The summed E-state index contributed by atoms with van der Waals surface area (Å²) in [6.45, 7) is 2.73.